The molecule has 1 N–H and O–H groups in total. The maximum absolute atomic E-state index is 12.6. The number of aromatic nitrogens is 4. The van der Waals surface area contributed by atoms with Crippen molar-refractivity contribution in [1.29, 1.82) is 0 Å². The number of nitrogens with zero attached hydrogens (tertiary/aromatic N) is 4. The van der Waals surface area contributed by atoms with Crippen LogP contribution in [0.25, 0.3) is 0 Å². The number of methoxy groups -OCH3 is 3. The quantitative estimate of drug-likeness (QED) is 0.514. The molecule has 0 radical (unpaired) electrons. The lowest BCUT2D eigenvalue weighted by Crippen LogP contribution is -2.16. The Morgan fingerprint density at radius 2 is 1.74 bits per heavy atom. The fourth-order valence-corrected chi connectivity index (χ4v) is 2.75. The summed E-state index contributed by atoms with van der Waals surface area (Å²) < 4.78 is 24.0. The van der Waals surface area contributed by atoms with Crippen molar-refractivity contribution >= 4 is 17.6 Å². The topological polar surface area (TPSA) is 119 Å². The molecule has 2 aromatic heterocycles. The highest BCUT2D eigenvalue weighted by Crippen LogP contribution is 2.36. The van der Waals surface area contributed by atoms with E-state index in [2.05, 4.69) is 15.5 Å². The molecule has 2 heterocycles. The number of para-hydroxylation sites is 1. The number of ether oxygens (including phenoxy) is 4. The molecule has 3 aromatic rings. The minimum atomic E-state index is -0.646. The molecule has 11 nitrogen and oxygen atoms in total. The second-order valence-electron chi connectivity index (χ2n) is 6.20. The summed E-state index contributed by atoms with van der Waals surface area (Å²) in [4.78, 5) is 24.5. The highest BCUT2D eigenvalue weighted by atomic mass is 16.5. The minimum absolute atomic E-state index is 0.0173. The maximum atomic E-state index is 12.6. The number of aryl methyl sites for hydroxylation is 1. The molecule has 0 saturated heterocycles. The molecule has 0 atom stereocenters. The first kappa shape index (κ1) is 21.7. The number of benzene rings is 1. The van der Waals surface area contributed by atoms with Gasteiger partial charge in [0.1, 0.15) is 0 Å². The molecule has 0 aliphatic rings. The van der Waals surface area contributed by atoms with E-state index in [4.69, 9.17) is 18.9 Å². The molecule has 1 amide bonds. The second-order valence-corrected chi connectivity index (χ2v) is 6.20. The molecule has 0 bridgehead atoms. The Morgan fingerprint density at radius 3 is 2.35 bits per heavy atom. The van der Waals surface area contributed by atoms with Gasteiger partial charge >= 0.3 is 5.97 Å². The van der Waals surface area contributed by atoms with Gasteiger partial charge in [-0.1, -0.05) is 6.07 Å². The van der Waals surface area contributed by atoms with Crippen molar-refractivity contribution in [2.75, 3.05) is 26.6 Å². The van der Waals surface area contributed by atoms with Gasteiger partial charge < -0.3 is 24.3 Å². The van der Waals surface area contributed by atoms with Crippen LogP contribution < -0.4 is 19.5 Å². The monoisotopic (exact) mass is 429 g/mol. The average Bonchev–Trinajstić information content (AvgIpc) is 3.43. The number of hydrogen-bond acceptors (Lipinski definition) is 8. The van der Waals surface area contributed by atoms with Gasteiger partial charge in [0.15, 0.2) is 29.6 Å². The molecular weight excluding hydrogens is 406 g/mol. The first-order valence-electron chi connectivity index (χ1n) is 9.35. The van der Waals surface area contributed by atoms with Crippen LogP contribution in [0.1, 0.15) is 27.9 Å². The zero-order valence-corrected chi connectivity index (χ0v) is 17.6. The predicted octanol–water partition coefficient (Wildman–Crippen LogP) is 2.19. The lowest BCUT2D eigenvalue weighted by atomic mass is 10.3. The minimum Gasteiger partial charge on any atom is -0.493 e. The van der Waals surface area contributed by atoms with Gasteiger partial charge in [-0.15, -0.1) is 0 Å². The van der Waals surface area contributed by atoms with Crippen LogP contribution in [0, 0.1) is 0 Å². The first-order valence-corrected chi connectivity index (χ1v) is 9.35. The van der Waals surface area contributed by atoms with Crippen LogP contribution >= 0.6 is 0 Å². The number of hydrogen-bond donors (Lipinski definition) is 1. The Hall–Kier alpha value is -4.02. The number of nitrogens with one attached hydrogen (secondary N) is 1. The molecule has 11 heteroatoms. The van der Waals surface area contributed by atoms with Crippen molar-refractivity contribution in [3.63, 3.8) is 0 Å². The fourth-order valence-electron chi connectivity index (χ4n) is 2.75. The van der Waals surface area contributed by atoms with E-state index in [1.54, 1.807) is 30.6 Å². The molecule has 0 unspecified atom stereocenters. The molecule has 0 saturated carbocycles. The SMILES string of the molecule is CCn1cc(NC(=O)c2ccn(COc3c(OC)cccc3OC)n2)c(C(=O)OC)n1. The van der Waals surface area contributed by atoms with Gasteiger partial charge in [-0.05, 0) is 25.1 Å². The number of rotatable bonds is 9. The highest BCUT2D eigenvalue weighted by Gasteiger charge is 2.20. The third kappa shape index (κ3) is 4.77. The van der Waals surface area contributed by atoms with Crippen molar-refractivity contribution in [2.24, 2.45) is 0 Å². The fraction of sp³-hybridized carbons (Fsp3) is 0.300. The zero-order chi connectivity index (χ0) is 22.4. The third-order valence-electron chi connectivity index (χ3n) is 4.31. The van der Waals surface area contributed by atoms with Crippen molar-refractivity contribution < 1.29 is 28.5 Å². The summed E-state index contributed by atoms with van der Waals surface area (Å²) in [5.74, 6) is 0.283. The Morgan fingerprint density at radius 1 is 1.03 bits per heavy atom. The number of esters is 1. The van der Waals surface area contributed by atoms with Crippen LogP contribution in [0.5, 0.6) is 17.2 Å². The van der Waals surface area contributed by atoms with Gasteiger partial charge in [-0.25, -0.2) is 9.48 Å². The standard InChI is InChI=1S/C20H23N5O6/c1-5-24-11-14(17(23-24)20(27)30-4)21-19(26)13-9-10-25(22-13)12-31-18-15(28-2)7-6-8-16(18)29-3/h6-11H,5,12H2,1-4H3,(H,21,26). The lowest BCUT2D eigenvalue weighted by Gasteiger charge is -2.13. The number of amides is 1. The number of carbonyl (C=O) groups is 2. The van der Waals surface area contributed by atoms with E-state index in [1.165, 1.54) is 36.8 Å². The molecule has 3 rings (SSSR count). The van der Waals surface area contributed by atoms with Gasteiger partial charge in [0, 0.05) is 18.9 Å². The number of carbonyl (C=O) groups excluding carboxylic acids is 2. The van der Waals surface area contributed by atoms with Crippen molar-refractivity contribution in [1.82, 2.24) is 19.6 Å². The third-order valence-corrected chi connectivity index (χ3v) is 4.31. The molecule has 0 aliphatic heterocycles. The number of anilines is 1. The van der Waals surface area contributed by atoms with Crippen LogP contribution in [0.15, 0.2) is 36.7 Å². The molecule has 0 aliphatic carbocycles. The largest absolute Gasteiger partial charge is 0.493 e. The van der Waals surface area contributed by atoms with Gasteiger partial charge in [0.05, 0.1) is 27.0 Å². The maximum Gasteiger partial charge on any atom is 0.360 e. The first-order chi connectivity index (χ1) is 15.0. The molecule has 0 fully saturated rings. The smallest absolute Gasteiger partial charge is 0.360 e. The lowest BCUT2D eigenvalue weighted by molar-refractivity contribution is 0.0594. The molecule has 164 valence electrons. The van der Waals surface area contributed by atoms with Gasteiger partial charge in [-0.2, -0.15) is 10.2 Å². The summed E-state index contributed by atoms with van der Waals surface area (Å²) in [6.07, 6.45) is 3.14. The molecule has 1 aromatic carbocycles. The van der Waals surface area contributed by atoms with Crippen LogP contribution in [0.3, 0.4) is 0 Å². The van der Waals surface area contributed by atoms with E-state index in [-0.39, 0.29) is 23.8 Å². The van der Waals surface area contributed by atoms with E-state index < -0.39 is 11.9 Å². The van der Waals surface area contributed by atoms with Crippen LogP contribution in [-0.4, -0.2) is 52.8 Å². The summed E-state index contributed by atoms with van der Waals surface area (Å²) in [7, 11) is 4.31. The van der Waals surface area contributed by atoms with E-state index in [1.807, 2.05) is 6.92 Å². The van der Waals surface area contributed by atoms with E-state index >= 15 is 0 Å². The Kier molecular flexibility index (Phi) is 6.75. The van der Waals surface area contributed by atoms with Crippen LogP contribution in [0.4, 0.5) is 5.69 Å². The van der Waals surface area contributed by atoms with Crippen LogP contribution in [-0.2, 0) is 18.0 Å². The van der Waals surface area contributed by atoms with E-state index in [0.29, 0.717) is 23.8 Å². The summed E-state index contributed by atoms with van der Waals surface area (Å²) in [5.41, 5.74) is 0.391. The Bertz CT molecular complexity index is 1050. The summed E-state index contributed by atoms with van der Waals surface area (Å²) in [6, 6.07) is 6.80. The second kappa shape index (κ2) is 9.65. The van der Waals surface area contributed by atoms with Gasteiger partial charge in [-0.3, -0.25) is 9.48 Å². The normalized spacial score (nSPS) is 10.5. The van der Waals surface area contributed by atoms with Crippen molar-refractivity contribution in [2.45, 2.75) is 20.2 Å². The molecular formula is C20H23N5O6. The summed E-state index contributed by atoms with van der Waals surface area (Å²) >= 11 is 0. The van der Waals surface area contributed by atoms with Crippen LogP contribution in [0.2, 0.25) is 0 Å². The summed E-state index contributed by atoms with van der Waals surface area (Å²) in [5, 5.41) is 11.0. The van der Waals surface area contributed by atoms with Crippen molar-refractivity contribution in [3.8, 4) is 17.2 Å². The van der Waals surface area contributed by atoms with E-state index in [0.717, 1.165) is 0 Å². The predicted molar refractivity (Wildman–Crippen MR) is 110 cm³/mol. The Balaban J connectivity index is 1.71. The van der Waals surface area contributed by atoms with Gasteiger partial charge in [0.2, 0.25) is 5.75 Å². The zero-order valence-electron chi connectivity index (χ0n) is 17.6. The molecule has 0 spiro atoms. The summed E-state index contributed by atoms with van der Waals surface area (Å²) in [6.45, 7) is 2.40. The average molecular weight is 429 g/mol. The van der Waals surface area contributed by atoms with E-state index in [9.17, 15) is 9.59 Å². The Labute approximate surface area is 178 Å². The van der Waals surface area contributed by atoms with Crippen molar-refractivity contribution in [3.05, 3.63) is 48.0 Å². The molecule has 31 heavy (non-hydrogen) atoms. The van der Waals surface area contributed by atoms with Gasteiger partial charge in [0.25, 0.3) is 5.91 Å². The highest BCUT2D eigenvalue weighted by molar-refractivity contribution is 6.06.